The van der Waals surface area contributed by atoms with Crippen LogP contribution in [0.4, 0.5) is 22.7 Å². The van der Waals surface area contributed by atoms with Crippen LogP contribution in [0.3, 0.4) is 0 Å². The minimum atomic E-state index is 0.267. The molecule has 0 saturated carbocycles. The summed E-state index contributed by atoms with van der Waals surface area (Å²) in [6.45, 7) is 13.1. The first-order chi connectivity index (χ1) is 21.9. The Morgan fingerprint density at radius 3 is 1.69 bits per heavy atom. The molecule has 2 fully saturated rings. The first kappa shape index (κ1) is 29.3. The molecule has 7 rings (SSSR count). The number of hydrogen-bond donors (Lipinski definition) is 2. The summed E-state index contributed by atoms with van der Waals surface area (Å²) in [5.41, 5.74) is 6.53. The van der Waals surface area contributed by atoms with Crippen LogP contribution in [-0.4, -0.2) is 66.6 Å². The molecule has 0 spiro atoms. The Morgan fingerprint density at radius 1 is 0.622 bits per heavy atom. The van der Waals surface area contributed by atoms with Crippen LogP contribution in [0.25, 0.3) is 0 Å². The van der Waals surface area contributed by atoms with Crippen LogP contribution < -0.4 is 20.4 Å². The lowest BCUT2D eigenvalue weighted by Crippen LogP contribution is -2.41. The second kappa shape index (κ2) is 12.5. The summed E-state index contributed by atoms with van der Waals surface area (Å²) in [5, 5.41) is 7.35. The van der Waals surface area contributed by atoms with Gasteiger partial charge in [0.25, 0.3) is 0 Å². The van der Waals surface area contributed by atoms with E-state index in [-0.39, 0.29) is 12.1 Å². The average Bonchev–Trinajstić information content (AvgIpc) is 3.05. The molecule has 2 aromatic rings. The van der Waals surface area contributed by atoms with Gasteiger partial charge in [0.1, 0.15) is 11.7 Å². The van der Waals surface area contributed by atoms with Crippen molar-refractivity contribution < 1.29 is 0 Å². The fourth-order valence-corrected chi connectivity index (χ4v) is 6.70. The fraction of sp³-hybridized carbons (Fsp3) is 0.444. The molecule has 234 valence electrons. The van der Waals surface area contributed by atoms with Crippen molar-refractivity contribution in [3.8, 4) is 0 Å². The average molecular weight is 604 g/mol. The van der Waals surface area contributed by atoms with Crippen molar-refractivity contribution in [3.63, 3.8) is 0 Å². The van der Waals surface area contributed by atoms with Gasteiger partial charge >= 0.3 is 0 Å². The zero-order valence-corrected chi connectivity index (χ0v) is 27.1. The number of nitrogens with zero attached hydrogens (tertiary/aromatic N) is 7. The summed E-state index contributed by atoms with van der Waals surface area (Å²) in [5.74, 6) is 3.44. The number of guanidine groups is 1. The molecule has 2 saturated heterocycles. The van der Waals surface area contributed by atoms with Crippen LogP contribution in [-0.2, 0) is 0 Å². The normalized spacial score (nSPS) is 19.5. The number of rotatable bonds is 8. The van der Waals surface area contributed by atoms with Gasteiger partial charge in [0.2, 0.25) is 5.96 Å². The fourth-order valence-electron chi connectivity index (χ4n) is 6.70. The highest BCUT2D eigenvalue weighted by Crippen LogP contribution is 2.33. The molecule has 5 aliphatic heterocycles. The highest BCUT2D eigenvalue weighted by molar-refractivity contribution is 6.26. The van der Waals surface area contributed by atoms with E-state index in [1.807, 2.05) is 23.1 Å². The molecule has 0 radical (unpaired) electrons. The molecular weight excluding hydrogens is 558 g/mol. The van der Waals surface area contributed by atoms with Crippen LogP contribution >= 0.6 is 0 Å². The summed E-state index contributed by atoms with van der Waals surface area (Å²) in [6, 6.07) is 13.8. The van der Waals surface area contributed by atoms with E-state index in [1.165, 1.54) is 49.9 Å². The van der Waals surface area contributed by atoms with Crippen molar-refractivity contribution in [2.24, 2.45) is 20.0 Å². The number of hydrogen-bond acceptors (Lipinski definition) is 9. The highest BCUT2D eigenvalue weighted by Gasteiger charge is 2.32. The van der Waals surface area contributed by atoms with Crippen molar-refractivity contribution in [2.75, 3.05) is 46.6 Å². The lowest BCUT2D eigenvalue weighted by Gasteiger charge is -2.33. The number of aliphatic imine (C=N–C) groups is 4. The van der Waals surface area contributed by atoms with Crippen molar-refractivity contribution >= 4 is 46.2 Å². The molecule has 0 unspecified atom stereocenters. The van der Waals surface area contributed by atoms with Crippen LogP contribution in [0.5, 0.6) is 0 Å². The van der Waals surface area contributed by atoms with Crippen molar-refractivity contribution in [1.82, 2.24) is 4.90 Å². The van der Waals surface area contributed by atoms with Gasteiger partial charge in [-0.15, -0.1) is 0 Å². The lowest BCUT2D eigenvalue weighted by atomic mass is 10.1. The SMILES string of the molecule is CC(C)Nc1cc(N2CCCCC2)ccc1C1=NC2=CC=CC3=NC(c4ccc(N5CCCCC5)cc4NC(C)C)=NC(=N1)N23. The number of nitrogens with one attached hydrogen (secondary N) is 2. The molecule has 2 N–H and O–H groups in total. The van der Waals surface area contributed by atoms with E-state index in [0.717, 1.165) is 60.3 Å². The summed E-state index contributed by atoms with van der Waals surface area (Å²) in [4.78, 5) is 27.2. The van der Waals surface area contributed by atoms with E-state index in [4.69, 9.17) is 20.0 Å². The Labute approximate surface area is 267 Å². The Morgan fingerprint density at radius 2 is 1.16 bits per heavy atom. The number of anilines is 4. The number of benzene rings is 2. The summed E-state index contributed by atoms with van der Waals surface area (Å²) >= 11 is 0. The largest absolute Gasteiger partial charge is 0.382 e. The minimum absolute atomic E-state index is 0.267. The molecule has 0 bridgehead atoms. The van der Waals surface area contributed by atoms with E-state index < -0.39 is 0 Å². The standard InChI is InChI=1S/C36H45N9/c1-24(2)37-30-22-26(43-18-7-5-8-19-43)14-16-28(30)34-39-32-12-11-13-33-40-35(42-36(41-34)45(32)33)29-17-15-27(23-31(29)38-25(3)4)44-20-9-6-10-21-44/h11-17,22-25,37-38H,5-10,18-21H2,1-4H3. The van der Waals surface area contributed by atoms with Gasteiger partial charge in [0.15, 0.2) is 11.7 Å². The predicted molar refractivity (Wildman–Crippen MR) is 190 cm³/mol. The second-order valence-corrected chi connectivity index (χ2v) is 13.1. The highest BCUT2D eigenvalue weighted by atomic mass is 15.4. The van der Waals surface area contributed by atoms with Crippen LogP contribution in [0.15, 0.2) is 80.4 Å². The maximum Gasteiger partial charge on any atom is 0.241 e. The Bertz CT molecular complexity index is 1550. The minimum Gasteiger partial charge on any atom is -0.382 e. The van der Waals surface area contributed by atoms with Gasteiger partial charge < -0.3 is 20.4 Å². The summed E-state index contributed by atoms with van der Waals surface area (Å²) in [6.07, 6.45) is 13.6. The Balaban J connectivity index is 1.28. The molecule has 5 heterocycles. The number of allylic oxidation sites excluding steroid dienone is 2. The molecule has 9 heteroatoms. The molecule has 0 aromatic heterocycles. The maximum absolute atomic E-state index is 5.09. The third-order valence-electron chi connectivity index (χ3n) is 8.82. The van der Waals surface area contributed by atoms with Gasteiger partial charge in [-0.3, -0.25) is 0 Å². The Hall–Kier alpha value is -4.40. The van der Waals surface area contributed by atoms with Gasteiger partial charge in [-0.1, -0.05) is 6.08 Å². The van der Waals surface area contributed by atoms with Gasteiger partial charge in [0, 0.05) is 72.1 Å². The summed E-state index contributed by atoms with van der Waals surface area (Å²) in [7, 11) is 0. The van der Waals surface area contributed by atoms with Gasteiger partial charge in [-0.2, -0.15) is 9.98 Å². The first-order valence-corrected chi connectivity index (χ1v) is 16.8. The van der Waals surface area contributed by atoms with E-state index in [9.17, 15) is 0 Å². The zero-order chi connectivity index (χ0) is 30.9. The van der Waals surface area contributed by atoms with Gasteiger partial charge in [0.05, 0.1) is 0 Å². The third-order valence-corrected chi connectivity index (χ3v) is 8.82. The molecule has 45 heavy (non-hydrogen) atoms. The van der Waals surface area contributed by atoms with E-state index in [1.54, 1.807) is 0 Å². The Kier molecular flexibility index (Phi) is 8.17. The van der Waals surface area contributed by atoms with Gasteiger partial charge in [-0.05, 0) is 115 Å². The zero-order valence-electron chi connectivity index (χ0n) is 27.1. The third kappa shape index (κ3) is 6.13. The van der Waals surface area contributed by atoms with Crippen molar-refractivity contribution in [3.05, 3.63) is 71.6 Å². The summed E-state index contributed by atoms with van der Waals surface area (Å²) < 4.78 is 0. The molecule has 0 amide bonds. The van der Waals surface area contributed by atoms with Crippen LogP contribution in [0, 0.1) is 0 Å². The second-order valence-electron chi connectivity index (χ2n) is 13.1. The molecular formula is C36H45N9. The smallest absolute Gasteiger partial charge is 0.241 e. The number of amidine groups is 3. The molecule has 0 aliphatic carbocycles. The van der Waals surface area contributed by atoms with Gasteiger partial charge in [-0.25, -0.2) is 14.9 Å². The van der Waals surface area contributed by atoms with E-state index >= 15 is 0 Å². The first-order valence-electron chi connectivity index (χ1n) is 16.8. The lowest BCUT2D eigenvalue weighted by molar-refractivity contribution is 0.578. The maximum atomic E-state index is 5.09. The van der Waals surface area contributed by atoms with Crippen molar-refractivity contribution in [1.29, 1.82) is 0 Å². The van der Waals surface area contributed by atoms with Crippen molar-refractivity contribution in [2.45, 2.75) is 78.3 Å². The molecule has 9 nitrogen and oxygen atoms in total. The quantitative estimate of drug-likeness (QED) is 0.340. The van der Waals surface area contributed by atoms with Crippen LogP contribution in [0.1, 0.15) is 77.3 Å². The topological polar surface area (TPSA) is 83.2 Å². The molecule has 0 atom stereocenters. The molecule has 5 aliphatic rings. The monoisotopic (exact) mass is 603 g/mol. The number of piperidine rings is 2. The predicted octanol–water partition coefficient (Wildman–Crippen LogP) is 7.00. The van der Waals surface area contributed by atoms with E-state index in [0.29, 0.717) is 17.6 Å². The molecule has 2 aromatic carbocycles. The van der Waals surface area contributed by atoms with Crippen LogP contribution in [0.2, 0.25) is 0 Å². The van der Waals surface area contributed by atoms with E-state index in [2.05, 4.69) is 84.5 Å².